The Morgan fingerprint density at radius 1 is 0.968 bits per heavy atom. The molecule has 2 nitrogen and oxygen atoms in total. The number of hydrogen-bond acceptors (Lipinski definition) is 1. The number of rotatable bonds is 4. The van der Waals surface area contributed by atoms with Crippen molar-refractivity contribution in [1.29, 1.82) is 0 Å². The van der Waals surface area contributed by atoms with Crippen molar-refractivity contribution in [2.45, 2.75) is 91.0 Å². The number of amides is 1. The lowest BCUT2D eigenvalue weighted by Gasteiger charge is -2.62. The van der Waals surface area contributed by atoms with Crippen LogP contribution in [0.4, 0.5) is 4.39 Å². The fraction of sp³-hybridized carbons (Fsp3) is 0.750. The third-order valence-electron chi connectivity index (χ3n) is 10.6. The Morgan fingerprint density at radius 3 is 2.45 bits per heavy atom. The molecule has 1 aliphatic heterocycles. The molecule has 0 aromatic heterocycles. The Hall–Kier alpha value is -1.38. The van der Waals surface area contributed by atoms with E-state index >= 15 is 0 Å². The Labute approximate surface area is 188 Å². The molecule has 1 aromatic carbocycles. The third-order valence-corrected chi connectivity index (χ3v) is 10.6. The van der Waals surface area contributed by atoms with Gasteiger partial charge in [0.15, 0.2) is 0 Å². The van der Waals surface area contributed by atoms with E-state index < -0.39 is 0 Å². The highest BCUT2D eigenvalue weighted by Gasteiger charge is 2.61. The van der Waals surface area contributed by atoms with Crippen molar-refractivity contribution in [3.05, 3.63) is 35.6 Å². The molecule has 0 unspecified atom stereocenters. The Bertz CT molecular complexity index is 821. The van der Waals surface area contributed by atoms with Gasteiger partial charge in [0, 0.05) is 19.0 Å². The molecule has 0 bridgehead atoms. The predicted molar refractivity (Wildman–Crippen MR) is 123 cm³/mol. The van der Waals surface area contributed by atoms with Gasteiger partial charge in [0.25, 0.3) is 0 Å². The predicted octanol–water partition coefficient (Wildman–Crippen LogP) is 6.63. The van der Waals surface area contributed by atoms with Crippen LogP contribution in [0, 0.1) is 40.3 Å². The second-order valence-corrected chi connectivity index (χ2v) is 11.6. The first-order chi connectivity index (χ1) is 14.9. The molecular weight excluding hydrogens is 385 g/mol. The zero-order valence-electron chi connectivity index (χ0n) is 19.7. The first-order valence-electron chi connectivity index (χ1n) is 12.9. The van der Waals surface area contributed by atoms with Crippen molar-refractivity contribution in [1.82, 2.24) is 4.90 Å². The van der Waals surface area contributed by atoms with E-state index in [0.717, 1.165) is 49.5 Å². The monoisotopic (exact) mass is 425 g/mol. The molecule has 0 N–H and O–H groups in total. The molecule has 0 spiro atoms. The summed E-state index contributed by atoms with van der Waals surface area (Å²) in [6, 6.07) is 7.61. The molecule has 0 radical (unpaired) electrons. The molecule has 31 heavy (non-hydrogen) atoms. The lowest BCUT2D eigenvalue weighted by atomic mass is 9.46. The van der Waals surface area contributed by atoms with Gasteiger partial charge in [-0.1, -0.05) is 26.0 Å². The number of hydrogen-bond donors (Lipinski definition) is 0. The average molecular weight is 426 g/mol. The summed E-state index contributed by atoms with van der Waals surface area (Å²) in [5.74, 6) is 3.56. The van der Waals surface area contributed by atoms with E-state index in [1.165, 1.54) is 50.5 Å². The number of aryl methyl sites for hydroxylation is 1. The van der Waals surface area contributed by atoms with Crippen LogP contribution in [0.15, 0.2) is 24.3 Å². The standard InChI is InChI=1S/C28H40FNO/c1-4-30-25-14-12-22-23-13-9-20(8-5-19-6-10-21(29)11-7-19)27(23,2)17-15-24(22)28(25,3)18-16-26(30)31/h6-7,10-11,20,22-25H,4-5,8-9,12-18H2,1-3H3/t20-,22-,23-,24-,25+,27+,28+/m0/s1. The summed E-state index contributed by atoms with van der Waals surface area (Å²) in [6.45, 7) is 8.18. The topological polar surface area (TPSA) is 20.3 Å². The zero-order valence-corrected chi connectivity index (χ0v) is 19.7. The molecule has 1 heterocycles. The number of benzene rings is 1. The Morgan fingerprint density at radius 2 is 1.71 bits per heavy atom. The van der Waals surface area contributed by atoms with Gasteiger partial charge in [-0.3, -0.25) is 4.79 Å². The second-order valence-electron chi connectivity index (χ2n) is 11.6. The Kier molecular flexibility index (Phi) is 5.46. The summed E-state index contributed by atoms with van der Waals surface area (Å²) < 4.78 is 13.3. The van der Waals surface area contributed by atoms with Crippen LogP contribution in [0.2, 0.25) is 0 Å². The number of piperidine rings is 1. The zero-order chi connectivity index (χ0) is 21.8. The van der Waals surface area contributed by atoms with E-state index in [1.54, 1.807) is 12.1 Å². The summed E-state index contributed by atoms with van der Waals surface area (Å²) in [7, 11) is 0. The van der Waals surface area contributed by atoms with Crippen molar-refractivity contribution >= 4 is 5.91 Å². The van der Waals surface area contributed by atoms with Gasteiger partial charge in [-0.15, -0.1) is 0 Å². The van der Waals surface area contributed by atoms with Crippen LogP contribution in [-0.2, 0) is 11.2 Å². The summed E-state index contributed by atoms with van der Waals surface area (Å²) in [5, 5.41) is 0. The number of carbonyl (C=O) groups is 1. The van der Waals surface area contributed by atoms with Crippen LogP contribution in [0.25, 0.3) is 0 Å². The molecule has 5 rings (SSSR count). The van der Waals surface area contributed by atoms with Crippen molar-refractivity contribution in [3.8, 4) is 0 Å². The molecule has 1 saturated heterocycles. The van der Waals surface area contributed by atoms with Crippen molar-refractivity contribution < 1.29 is 9.18 Å². The molecule has 170 valence electrons. The lowest BCUT2D eigenvalue weighted by Crippen LogP contribution is -2.62. The first-order valence-corrected chi connectivity index (χ1v) is 12.9. The molecule has 1 amide bonds. The highest BCUT2D eigenvalue weighted by atomic mass is 19.1. The highest BCUT2D eigenvalue weighted by molar-refractivity contribution is 5.77. The van der Waals surface area contributed by atoms with E-state index in [0.29, 0.717) is 22.8 Å². The van der Waals surface area contributed by atoms with Gasteiger partial charge in [-0.05, 0) is 117 Å². The maximum atomic E-state index is 13.3. The number of likely N-dealkylation sites (tertiary alicyclic amines) is 1. The van der Waals surface area contributed by atoms with Gasteiger partial charge >= 0.3 is 0 Å². The number of halogens is 1. The minimum absolute atomic E-state index is 0.134. The van der Waals surface area contributed by atoms with Crippen LogP contribution in [0.3, 0.4) is 0 Å². The molecule has 3 saturated carbocycles. The van der Waals surface area contributed by atoms with Crippen molar-refractivity contribution in [3.63, 3.8) is 0 Å². The molecule has 3 aliphatic carbocycles. The molecular formula is C28H40FNO. The van der Waals surface area contributed by atoms with Gasteiger partial charge in [-0.25, -0.2) is 4.39 Å². The van der Waals surface area contributed by atoms with Crippen LogP contribution >= 0.6 is 0 Å². The first kappa shape index (κ1) is 21.5. The Balaban J connectivity index is 1.31. The fourth-order valence-electron chi connectivity index (χ4n) is 8.97. The minimum Gasteiger partial charge on any atom is -0.339 e. The highest BCUT2D eigenvalue weighted by Crippen LogP contribution is 2.66. The molecule has 4 fully saturated rings. The minimum atomic E-state index is -0.134. The number of nitrogens with zero attached hydrogens (tertiary/aromatic N) is 1. The van der Waals surface area contributed by atoms with Gasteiger partial charge in [0.05, 0.1) is 0 Å². The second kappa shape index (κ2) is 7.89. The van der Waals surface area contributed by atoms with Crippen molar-refractivity contribution in [2.75, 3.05) is 6.54 Å². The maximum Gasteiger partial charge on any atom is 0.222 e. The molecule has 3 heteroatoms. The largest absolute Gasteiger partial charge is 0.339 e. The van der Waals surface area contributed by atoms with E-state index in [1.807, 2.05) is 12.1 Å². The van der Waals surface area contributed by atoms with Gasteiger partial charge < -0.3 is 4.90 Å². The van der Waals surface area contributed by atoms with E-state index in [-0.39, 0.29) is 5.82 Å². The fourth-order valence-corrected chi connectivity index (χ4v) is 8.97. The van der Waals surface area contributed by atoms with E-state index in [2.05, 4.69) is 25.7 Å². The van der Waals surface area contributed by atoms with Crippen LogP contribution in [-0.4, -0.2) is 23.4 Å². The van der Waals surface area contributed by atoms with Crippen LogP contribution in [0.1, 0.15) is 84.1 Å². The molecule has 4 aliphatic rings. The normalized spacial score (nSPS) is 42.1. The van der Waals surface area contributed by atoms with E-state index in [9.17, 15) is 9.18 Å². The van der Waals surface area contributed by atoms with Crippen LogP contribution in [0.5, 0.6) is 0 Å². The maximum absolute atomic E-state index is 13.3. The quantitative estimate of drug-likeness (QED) is 0.530. The van der Waals surface area contributed by atoms with E-state index in [4.69, 9.17) is 0 Å². The lowest BCUT2D eigenvalue weighted by molar-refractivity contribution is -0.161. The molecule has 7 atom stereocenters. The van der Waals surface area contributed by atoms with Gasteiger partial charge in [0.1, 0.15) is 5.82 Å². The number of fused-ring (bicyclic) bond motifs is 5. The summed E-state index contributed by atoms with van der Waals surface area (Å²) in [4.78, 5) is 14.8. The summed E-state index contributed by atoms with van der Waals surface area (Å²) in [5.41, 5.74) is 2.07. The summed E-state index contributed by atoms with van der Waals surface area (Å²) in [6.07, 6.45) is 12.2. The van der Waals surface area contributed by atoms with Crippen LogP contribution < -0.4 is 0 Å². The molecule has 1 aromatic rings. The number of carbonyl (C=O) groups excluding carboxylic acids is 1. The van der Waals surface area contributed by atoms with Gasteiger partial charge in [0.2, 0.25) is 5.91 Å². The third kappa shape index (κ3) is 3.37. The van der Waals surface area contributed by atoms with Gasteiger partial charge in [-0.2, -0.15) is 0 Å². The van der Waals surface area contributed by atoms with Crippen molar-refractivity contribution in [2.24, 2.45) is 34.5 Å². The smallest absolute Gasteiger partial charge is 0.222 e. The average Bonchev–Trinajstić information content (AvgIpc) is 3.10. The SMILES string of the molecule is CCN1C(=O)CC[C@]2(C)[C@H]3CC[C@]4(C)[C@@H](CCc5ccc(F)cc5)CC[C@H]4[C@@H]3CC[C@@H]12. The summed E-state index contributed by atoms with van der Waals surface area (Å²) >= 11 is 0.